The lowest BCUT2D eigenvalue weighted by Crippen LogP contribution is -2.31. The van der Waals surface area contributed by atoms with E-state index in [1.165, 1.54) is 17.5 Å². The van der Waals surface area contributed by atoms with Crippen LogP contribution in [0.4, 0.5) is 0 Å². The van der Waals surface area contributed by atoms with Crippen molar-refractivity contribution in [1.82, 2.24) is 4.90 Å². The molecule has 1 aromatic rings. The lowest BCUT2D eigenvalue weighted by atomic mass is 9.81. The molecule has 1 aliphatic heterocycles. The van der Waals surface area contributed by atoms with Crippen molar-refractivity contribution in [2.45, 2.75) is 51.0 Å². The van der Waals surface area contributed by atoms with Crippen molar-refractivity contribution in [3.05, 3.63) is 35.4 Å². The highest BCUT2D eigenvalue weighted by Crippen LogP contribution is 2.34. The van der Waals surface area contributed by atoms with E-state index in [1.807, 2.05) is 11.8 Å². The van der Waals surface area contributed by atoms with Crippen molar-refractivity contribution >= 4 is 5.91 Å². The van der Waals surface area contributed by atoms with Gasteiger partial charge in [0.15, 0.2) is 0 Å². The van der Waals surface area contributed by atoms with Gasteiger partial charge in [0, 0.05) is 25.4 Å². The molecule has 1 aromatic carbocycles. The van der Waals surface area contributed by atoms with E-state index in [-0.39, 0.29) is 17.9 Å². The Balaban J connectivity index is 1.64. The largest absolute Gasteiger partial charge is 0.393 e. The predicted octanol–water partition coefficient (Wildman–Crippen LogP) is 2.73. The maximum atomic E-state index is 12.5. The van der Waals surface area contributed by atoms with Gasteiger partial charge in [0.25, 0.3) is 0 Å². The topological polar surface area (TPSA) is 40.5 Å². The van der Waals surface area contributed by atoms with Crippen LogP contribution in [0.5, 0.6) is 0 Å². The third kappa shape index (κ3) is 3.13. The Labute approximate surface area is 127 Å². The molecule has 0 saturated carbocycles. The second-order valence-electron chi connectivity index (χ2n) is 6.62. The summed E-state index contributed by atoms with van der Waals surface area (Å²) in [7, 11) is 0. The van der Waals surface area contributed by atoms with Crippen LogP contribution < -0.4 is 0 Å². The number of carbonyl (C=O) groups is 1. The summed E-state index contributed by atoms with van der Waals surface area (Å²) in [4.78, 5) is 14.5. The van der Waals surface area contributed by atoms with Crippen LogP contribution in [0.3, 0.4) is 0 Å². The molecule has 0 radical (unpaired) electrons. The summed E-state index contributed by atoms with van der Waals surface area (Å²) in [6.07, 6.45) is 4.71. The van der Waals surface area contributed by atoms with Gasteiger partial charge in [-0.3, -0.25) is 4.79 Å². The first-order valence-electron chi connectivity index (χ1n) is 8.19. The van der Waals surface area contributed by atoms with Crippen molar-refractivity contribution in [2.75, 3.05) is 13.1 Å². The van der Waals surface area contributed by atoms with Gasteiger partial charge in [0.1, 0.15) is 0 Å². The molecule has 1 heterocycles. The Bertz CT molecular complexity index is 512. The van der Waals surface area contributed by atoms with Crippen LogP contribution in [-0.2, 0) is 11.2 Å². The number of fused-ring (bicyclic) bond motifs is 1. The third-order valence-electron chi connectivity index (χ3n) is 5.17. The molecule has 1 aliphatic carbocycles. The first kappa shape index (κ1) is 14.6. The average molecular weight is 287 g/mol. The molecular weight excluding hydrogens is 262 g/mol. The molecule has 1 amide bonds. The molecule has 3 unspecified atom stereocenters. The molecule has 0 bridgehead atoms. The highest BCUT2D eigenvalue weighted by atomic mass is 16.3. The van der Waals surface area contributed by atoms with Crippen LogP contribution in [-0.4, -0.2) is 35.1 Å². The van der Waals surface area contributed by atoms with Crippen molar-refractivity contribution < 1.29 is 9.90 Å². The number of hydrogen-bond donors (Lipinski definition) is 1. The minimum atomic E-state index is -0.307. The van der Waals surface area contributed by atoms with E-state index in [0.717, 1.165) is 32.4 Å². The minimum Gasteiger partial charge on any atom is -0.393 e. The number of aryl methyl sites for hydroxylation is 1. The normalized spacial score (nSPS) is 26.5. The van der Waals surface area contributed by atoms with E-state index in [2.05, 4.69) is 24.3 Å². The fraction of sp³-hybridized carbons (Fsp3) is 0.611. The lowest BCUT2D eigenvalue weighted by Gasteiger charge is -2.27. The minimum absolute atomic E-state index is 0.257. The van der Waals surface area contributed by atoms with Crippen molar-refractivity contribution in [3.8, 4) is 0 Å². The highest BCUT2D eigenvalue weighted by molar-refractivity contribution is 5.77. The zero-order valence-corrected chi connectivity index (χ0v) is 12.8. The molecule has 0 spiro atoms. The Morgan fingerprint density at radius 1 is 1.38 bits per heavy atom. The number of rotatable bonds is 3. The molecule has 21 heavy (non-hydrogen) atoms. The summed E-state index contributed by atoms with van der Waals surface area (Å²) < 4.78 is 0. The maximum absolute atomic E-state index is 12.5. The second-order valence-corrected chi connectivity index (χ2v) is 6.62. The van der Waals surface area contributed by atoms with Gasteiger partial charge in [-0.1, -0.05) is 24.3 Å². The maximum Gasteiger partial charge on any atom is 0.223 e. The molecule has 0 aromatic heterocycles. The van der Waals surface area contributed by atoms with Gasteiger partial charge in [0.05, 0.1) is 6.10 Å². The molecule has 1 fully saturated rings. The molecule has 1 N–H and O–H groups in total. The number of amides is 1. The molecular formula is C18H25NO2. The van der Waals surface area contributed by atoms with Crippen LogP contribution in [0.15, 0.2) is 24.3 Å². The van der Waals surface area contributed by atoms with Gasteiger partial charge < -0.3 is 10.0 Å². The predicted molar refractivity (Wildman–Crippen MR) is 83.1 cm³/mol. The van der Waals surface area contributed by atoms with Crippen LogP contribution in [0, 0.1) is 5.92 Å². The highest BCUT2D eigenvalue weighted by Gasteiger charge is 2.31. The van der Waals surface area contributed by atoms with Gasteiger partial charge in [-0.15, -0.1) is 0 Å². The summed E-state index contributed by atoms with van der Waals surface area (Å²) in [5.41, 5.74) is 2.80. The quantitative estimate of drug-likeness (QED) is 0.928. The van der Waals surface area contributed by atoms with Crippen LogP contribution in [0.25, 0.3) is 0 Å². The van der Waals surface area contributed by atoms with E-state index in [1.54, 1.807) is 0 Å². The van der Waals surface area contributed by atoms with E-state index in [9.17, 15) is 9.90 Å². The summed E-state index contributed by atoms with van der Waals surface area (Å²) in [6.45, 7) is 3.36. The number of likely N-dealkylation sites (tertiary alicyclic amines) is 1. The van der Waals surface area contributed by atoms with Crippen LogP contribution >= 0.6 is 0 Å². The first-order valence-corrected chi connectivity index (χ1v) is 8.19. The monoisotopic (exact) mass is 287 g/mol. The molecule has 3 rings (SSSR count). The van der Waals surface area contributed by atoms with Gasteiger partial charge in [-0.05, 0) is 49.7 Å². The Kier molecular flexibility index (Phi) is 4.29. The summed E-state index contributed by atoms with van der Waals surface area (Å²) in [6, 6.07) is 8.57. The van der Waals surface area contributed by atoms with E-state index in [0.29, 0.717) is 12.3 Å². The zero-order chi connectivity index (χ0) is 14.8. The molecule has 3 atom stereocenters. The first-order chi connectivity index (χ1) is 10.1. The van der Waals surface area contributed by atoms with Crippen molar-refractivity contribution in [1.29, 1.82) is 0 Å². The van der Waals surface area contributed by atoms with Gasteiger partial charge in [-0.2, -0.15) is 0 Å². The van der Waals surface area contributed by atoms with Crippen molar-refractivity contribution in [2.24, 2.45) is 5.92 Å². The smallest absolute Gasteiger partial charge is 0.223 e. The summed E-state index contributed by atoms with van der Waals surface area (Å²) in [5, 5.41) is 9.67. The molecule has 3 heteroatoms. The van der Waals surface area contributed by atoms with E-state index < -0.39 is 0 Å². The van der Waals surface area contributed by atoms with Gasteiger partial charge in [-0.25, -0.2) is 0 Å². The average Bonchev–Trinajstić information content (AvgIpc) is 2.98. The summed E-state index contributed by atoms with van der Waals surface area (Å²) in [5.74, 6) is 0.903. The SMILES string of the molecule is CC(O)C1CCN(C(=O)CC2CCCc3ccccc32)C1. The number of hydrogen-bond acceptors (Lipinski definition) is 2. The third-order valence-corrected chi connectivity index (χ3v) is 5.17. The molecule has 3 nitrogen and oxygen atoms in total. The van der Waals surface area contributed by atoms with E-state index in [4.69, 9.17) is 0 Å². The second kappa shape index (κ2) is 6.18. The van der Waals surface area contributed by atoms with Crippen molar-refractivity contribution in [3.63, 3.8) is 0 Å². The standard InChI is InChI=1S/C18H25NO2/c1-13(20)16-9-10-19(12-16)18(21)11-15-7-4-6-14-5-2-3-8-17(14)15/h2-3,5,8,13,15-16,20H,4,6-7,9-12H2,1H3. The van der Waals surface area contributed by atoms with Gasteiger partial charge in [0.2, 0.25) is 5.91 Å². The summed E-state index contributed by atoms with van der Waals surface area (Å²) >= 11 is 0. The fourth-order valence-corrected chi connectivity index (χ4v) is 3.81. The Hall–Kier alpha value is -1.35. The number of benzene rings is 1. The van der Waals surface area contributed by atoms with Crippen LogP contribution in [0.1, 0.15) is 49.7 Å². The molecule has 2 aliphatic rings. The van der Waals surface area contributed by atoms with Gasteiger partial charge >= 0.3 is 0 Å². The fourth-order valence-electron chi connectivity index (χ4n) is 3.81. The molecule has 114 valence electrons. The zero-order valence-electron chi connectivity index (χ0n) is 12.8. The Morgan fingerprint density at radius 3 is 2.95 bits per heavy atom. The van der Waals surface area contributed by atoms with Crippen LogP contribution in [0.2, 0.25) is 0 Å². The number of aliphatic hydroxyl groups is 1. The number of aliphatic hydroxyl groups excluding tert-OH is 1. The number of nitrogens with zero attached hydrogens (tertiary/aromatic N) is 1. The van der Waals surface area contributed by atoms with E-state index >= 15 is 0 Å². The molecule has 1 saturated heterocycles. The Morgan fingerprint density at radius 2 is 2.19 bits per heavy atom. The lowest BCUT2D eigenvalue weighted by molar-refractivity contribution is -0.130. The number of carbonyl (C=O) groups excluding carboxylic acids is 1.